The number of hydrogen-bond acceptors (Lipinski definition) is 6. The minimum absolute atomic E-state index is 0.0649. The van der Waals surface area contributed by atoms with Gasteiger partial charge in [-0.3, -0.25) is 14.4 Å². The molecule has 0 radical (unpaired) electrons. The Morgan fingerprint density at radius 1 is 0.396 bits per heavy atom. The van der Waals surface area contributed by atoms with Crippen LogP contribution in [0.4, 0.5) is 0 Å². The molecule has 1 atom stereocenters. The lowest BCUT2D eigenvalue weighted by atomic mass is 10.0. The van der Waals surface area contributed by atoms with Gasteiger partial charge in [0.25, 0.3) is 0 Å². The van der Waals surface area contributed by atoms with Gasteiger partial charge in [-0.15, -0.1) is 0 Å². The predicted octanol–water partition coefficient (Wildman–Crippen LogP) is 12.8. The zero-order chi connectivity index (χ0) is 35.3. The summed E-state index contributed by atoms with van der Waals surface area (Å²) in [4.78, 5) is 37.5. The molecule has 0 N–H and O–H groups in total. The summed E-state index contributed by atoms with van der Waals surface area (Å²) in [6.07, 6.45) is 33.8. The molecule has 0 aliphatic rings. The highest BCUT2D eigenvalue weighted by atomic mass is 16.6. The van der Waals surface area contributed by atoms with Crippen LogP contribution in [0, 0.1) is 5.92 Å². The maximum atomic E-state index is 12.6. The Hall–Kier alpha value is -1.59. The number of carbonyl (C=O) groups is 3. The third kappa shape index (κ3) is 35.7. The molecule has 0 aliphatic carbocycles. The second kappa shape index (κ2) is 36.7. The predicted molar refractivity (Wildman–Crippen MR) is 201 cm³/mol. The summed E-state index contributed by atoms with van der Waals surface area (Å²) in [5.41, 5.74) is 0. The van der Waals surface area contributed by atoms with Crippen LogP contribution < -0.4 is 0 Å². The van der Waals surface area contributed by atoms with Crippen LogP contribution in [0.2, 0.25) is 0 Å². The highest BCUT2D eigenvalue weighted by Crippen LogP contribution is 2.15. The maximum absolute atomic E-state index is 12.6. The van der Waals surface area contributed by atoms with Crippen molar-refractivity contribution < 1.29 is 28.6 Å². The molecule has 0 aromatic rings. The van der Waals surface area contributed by atoms with E-state index in [1.165, 1.54) is 122 Å². The summed E-state index contributed by atoms with van der Waals surface area (Å²) in [5, 5.41) is 0. The van der Waals surface area contributed by atoms with Gasteiger partial charge in [-0.2, -0.15) is 0 Å². The molecule has 284 valence electrons. The molecule has 0 heterocycles. The molecule has 0 spiro atoms. The van der Waals surface area contributed by atoms with E-state index >= 15 is 0 Å². The van der Waals surface area contributed by atoms with Gasteiger partial charge in [-0.1, -0.05) is 188 Å². The summed E-state index contributed by atoms with van der Waals surface area (Å²) >= 11 is 0. The van der Waals surface area contributed by atoms with Crippen molar-refractivity contribution in [1.29, 1.82) is 0 Å². The fraction of sp³-hybridized carbons (Fsp3) is 0.929. The van der Waals surface area contributed by atoms with E-state index in [9.17, 15) is 14.4 Å². The number of rotatable bonds is 37. The fourth-order valence-electron chi connectivity index (χ4n) is 6.10. The van der Waals surface area contributed by atoms with Crippen molar-refractivity contribution in [2.75, 3.05) is 13.2 Å². The Balaban J connectivity index is 4.33. The summed E-state index contributed by atoms with van der Waals surface area (Å²) in [6.45, 7) is 8.91. The first-order valence-corrected chi connectivity index (χ1v) is 20.9. The van der Waals surface area contributed by atoms with Crippen molar-refractivity contribution in [2.24, 2.45) is 5.92 Å². The van der Waals surface area contributed by atoms with Gasteiger partial charge in [0, 0.05) is 19.3 Å². The average Bonchev–Trinajstić information content (AvgIpc) is 3.06. The van der Waals surface area contributed by atoms with Crippen LogP contribution in [-0.2, 0) is 28.6 Å². The van der Waals surface area contributed by atoms with Gasteiger partial charge >= 0.3 is 17.9 Å². The molecule has 6 heteroatoms. The Bertz CT molecular complexity index is 721. The molecule has 0 bridgehead atoms. The van der Waals surface area contributed by atoms with E-state index < -0.39 is 6.10 Å². The first-order valence-electron chi connectivity index (χ1n) is 20.9. The fourth-order valence-corrected chi connectivity index (χ4v) is 6.10. The molecular formula is C42H80O6. The number of hydrogen-bond donors (Lipinski definition) is 0. The zero-order valence-corrected chi connectivity index (χ0v) is 32.4. The molecule has 0 saturated heterocycles. The van der Waals surface area contributed by atoms with Gasteiger partial charge in [0.05, 0.1) is 0 Å². The molecule has 6 nitrogen and oxygen atoms in total. The third-order valence-electron chi connectivity index (χ3n) is 9.29. The standard InChI is InChI=1S/C42H80O6/c1-5-7-9-11-13-15-17-21-25-29-33-40(43)46-36-39(48-42(45)35-31-27-23-16-14-12-10-8-6-2)37-47-41(44)34-30-26-22-19-18-20-24-28-32-38(3)4/h38-39H,5-37H2,1-4H3/t39-/m1/s1. The number of carbonyl (C=O) groups excluding carboxylic acids is 3. The summed E-state index contributed by atoms with van der Waals surface area (Å²) < 4.78 is 16.6. The maximum Gasteiger partial charge on any atom is 0.306 e. The lowest BCUT2D eigenvalue weighted by Gasteiger charge is -2.18. The van der Waals surface area contributed by atoms with Gasteiger partial charge in [0.15, 0.2) is 6.10 Å². The van der Waals surface area contributed by atoms with Crippen molar-refractivity contribution in [3.05, 3.63) is 0 Å². The zero-order valence-electron chi connectivity index (χ0n) is 32.4. The van der Waals surface area contributed by atoms with Crippen LogP contribution in [0.1, 0.15) is 227 Å². The van der Waals surface area contributed by atoms with Gasteiger partial charge in [-0.05, 0) is 25.2 Å². The first kappa shape index (κ1) is 46.4. The van der Waals surface area contributed by atoms with Crippen LogP contribution >= 0.6 is 0 Å². The van der Waals surface area contributed by atoms with E-state index in [1.54, 1.807) is 0 Å². The van der Waals surface area contributed by atoms with Crippen LogP contribution in [0.3, 0.4) is 0 Å². The van der Waals surface area contributed by atoms with Crippen molar-refractivity contribution >= 4 is 17.9 Å². The summed E-state index contributed by atoms with van der Waals surface area (Å²) in [6, 6.07) is 0. The molecule has 48 heavy (non-hydrogen) atoms. The minimum atomic E-state index is -0.757. The Morgan fingerprint density at radius 3 is 1.02 bits per heavy atom. The molecule has 0 amide bonds. The monoisotopic (exact) mass is 681 g/mol. The van der Waals surface area contributed by atoms with E-state index in [0.29, 0.717) is 19.3 Å². The second-order valence-corrected chi connectivity index (χ2v) is 14.7. The molecule has 0 fully saturated rings. The third-order valence-corrected chi connectivity index (χ3v) is 9.29. The lowest BCUT2D eigenvalue weighted by molar-refractivity contribution is -0.167. The quantitative estimate of drug-likeness (QED) is 0.0369. The normalized spacial score (nSPS) is 11.9. The van der Waals surface area contributed by atoms with Crippen molar-refractivity contribution in [1.82, 2.24) is 0 Å². The second-order valence-electron chi connectivity index (χ2n) is 14.7. The smallest absolute Gasteiger partial charge is 0.306 e. The molecular weight excluding hydrogens is 600 g/mol. The minimum Gasteiger partial charge on any atom is -0.462 e. The van der Waals surface area contributed by atoms with Gasteiger partial charge < -0.3 is 14.2 Å². The molecule has 0 aromatic heterocycles. The largest absolute Gasteiger partial charge is 0.462 e. The van der Waals surface area contributed by atoms with E-state index in [1.807, 2.05) is 0 Å². The van der Waals surface area contributed by atoms with Crippen LogP contribution in [0.15, 0.2) is 0 Å². The number of ether oxygens (including phenoxy) is 3. The van der Waals surface area contributed by atoms with Crippen molar-refractivity contribution in [3.8, 4) is 0 Å². The average molecular weight is 681 g/mol. The van der Waals surface area contributed by atoms with Gasteiger partial charge in [-0.25, -0.2) is 0 Å². The van der Waals surface area contributed by atoms with E-state index in [4.69, 9.17) is 14.2 Å². The Labute approximate surface area is 298 Å². The first-order chi connectivity index (χ1) is 23.4. The van der Waals surface area contributed by atoms with Gasteiger partial charge in [0.2, 0.25) is 0 Å². The van der Waals surface area contributed by atoms with Crippen LogP contribution in [-0.4, -0.2) is 37.2 Å². The highest BCUT2D eigenvalue weighted by Gasteiger charge is 2.19. The topological polar surface area (TPSA) is 78.9 Å². The number of esters is 3. The Kier molecular flexibility index (Phi) is 35.5. The number of unbranched alkanes of at least 4 members (excludes halogenated alkanes) is 24. The van der Waals surface area contributed by atoms with Crippen molar-refractivity contribution in [2.45, 2.75) is 233 Å². The van der Waals surface area contributed by atoms with E-state index in [2.05, 4.69) is 27.7 Å². The summed E-state index contributed by atoms with van der Waals surface area (Å²) in [7, 11) is 0. The van der Waals surface area contributed by atoms with Crippen molar-refractivity contribution in [3.63, 3.8) is 0 Å². The molecule has 0 aromatic carbocycles. The Morgan fingerprint density at radius 2 is 0.688 bits per heavy atom. The van der Waals surface area contributed by atoms with Crippen LogP contribution in [0.5, 0.6) is 0 Å². The van der Waals surface area contributed by atoms with Gasteiger partial charge in [0.1, 0.15) is 13.2 Å². The summed E-state index contributed by atoms with van der Waals surface area (Å²) in [5.74, 6) is -0.0686. The lowest BCUT2D eigenvalue weighted by Crippen LogP contribution is -2.30. The molecule has 0 aliphatic heterocycles. The van der Waals surface area contributed by atoms with E-state index in [0.717, 1.165) is 63.7 Å². The highest BCUT2D eigenvalue weighted by molar-refractivity contribution is 5.71. The molecule has 0 unspecified atom stereocenters. The van der Waals surface area contributed by atoms with Crippen LogP contribution in [0.25, 0.3) is 0 Å². The van der Waals surface area contributed by atoms with E-state index in [-0.39, 0.29) is 31.1 Å². The molecule has 0 rings (SSSR count). The SMILES string of the molecule is CCCCCCCCCCCCC(=O)OC[C@H](COC(=O)CCCCCCCCCCC(C)C)OC(=O)CCCCCCCCCCC. The molecule has 0 saturated carbocycles.